The molecule has 3 atom stereocenters. The van der Waals surface area contributed by atoms with Crippen LogP contribution in [0.15, 0.2) is 0 Å². The molecule has 2 aliphatic rings. The zero-order valence-corrected chi connectivity index (χ0v) is 12.0. The van der Waals surface area contributed by atoms with Gasteiger partial charge < -0.3 is 16.0 Å². The summed E-state index contributed by atoms with van der Waals surface area (Å²) in [6.45, 7) is 7.00. The van der Waals surface area contributed by atoms with Gasteiger partial charge in [0.15, 0.2) is 0 Å². The first-order valence-electron chi connectivity index (χ1n) is 7.98. The Labute approximate surface area is 112 Å². The number of piperidine rings is 1. The van der Waals surface area contributed by atoms with Gasteiger partial charge in [-0.05, 0) is 71.1 Å². The molecule has 0 bridgehead atoms. The van der Waals surface area contributed by atoms with Gasteiger partial charge >= 0.3 is 0 Å². The molecule has 0 aromatic carbocycles. The van der Waals surface area contributed by atoms with Crippen molar-refractivity contribution in [1.82, 2.24) is 10.2 Å². The molecule has 3 heteroatoms. The van der Waals surface area contributed by atoms with Gasteiger partial charge in [-0.1, -0.05) is 12.8 Å². The Morgan fingerprint density at radius 3 is 2.83 bits per heavy atom. The van der Waals surface area contributed by atoms with Gasteiger partial charge in [-0.15, -0.1) is 0 Å². The molecule has 1 aliphatic heterocycles. The van der Waals surface area contributed by atoms with E-state index in [9.17, 15) is 0 Å². The monoisotopic (exact) mass is 253 g/mol. The standard InChI is InChI=1S/C15H31N3/c1-13-6-2-3-10-18(13)11-5-9-17-15-8-4-7-14(15)12-16/h13-15,17H,2-12,16H2,1H3. The summed E-state index contributed by atoms with van der Waals surface area (Å²) in [5.74, 6) is 0.735. The molecule has 3 nitrogen and oxygen atoms in total. The largest absolute Gasteiger partial charge is 0.330 e. The summed E-state index contributed by atoms with van der Waals surface area (Å²) < 4.78 is 0. The number of rotatable bonds is 6. The lowest BCUT2D eigenvalue weighted by Crippen LogP contribution is -2.40. The van der Waals surface area contributed by atoms with Gasteiger partial charge in [0.1, 0.15) is 0 Å². The van der Waals surface area contributed by atoms with Crippen LogP contribution in [0.5, 0.6) is 0 Å². The van der Waals surface area contributed by atoms with Crippen LogP contribution in [0.1, 0.15) is 51.9 Å². The van der Waals surface area contributed by atoms with E-state index in [1.807, 2.05) is 0 Å². The first kappa shape index (κ1) is 14.3. The van der Waals surface area contributed by atoms with Crippen LogP contribution < -0.4 is 11.1 Å². The Kier molecular flexibility index (Phi) is 5.93. The van der Waals surface area contributed by atoms with Crippen molar-refractivity contribution in [3.63, 3.8) is 0 Å². The van der Waals surface area contributed by atoms with Crippen molar-refractivity contribution in [2.24, 2.45) is 11.7 Å². The van der Waals surface area contributed by atoms with E-state index >= 15 is 0 Å². The second-order valence-corrected chi connectivity index (χ2v) is 6.22. The van der Waals surface area contributed by atoms with Crippen molar-refractivity contribution in [3.8, 4) is 0 Å². The molecule has 0 aromatic heterocycles. The topological polar surface area (TPSA) is 41.3 Å². The fourth-order valence-corrected chi connectivity index (χ4v) is 3.65. The van der Waals surface area contributed by atoms with E-state index in [-0.39, 0.29) is 0 Å². The highest BCUT2D eigenvalue weighted by Crippen LogP contribution is 2.24. The third kappa shape index (κ3) is 3.94. The fourth-order valence-electron chi connectivity index (χ4n) is 3.65. The fraction of sp³-hybridized carbons (Fsp3) is 1.00. The van der Waals surface area contributed by atoms with E-state index in [1.165, 1.54) is 64.6 Å². The average Bonchev–Trinajstić information content (AvgIpc) is 2.84. The highest BCUT2D eigenvalue weighted by Gasteiger charge is 2.25. The first-order chi connectivity index (χ1) is 8.81. The molecule has 1 aliphatic carbocycles. The Balaban J connectivity index is 1.58. The zero-order chi connectivity index (χ0) is 12.8. The van der Waals surface area contributed by atoms with Crippen molar-refractivity contribution in [2.75, 3.05) is 26.2 Å². The van der Waals surface area contributed by atoms with Crippen molar-refractivity contribution < 1.29 is 0 Å². The van der Waals surface area contributed by atoms with Gasteiger partial charge in [-0.2, -0.15) is 0 Å². The Morgan fingerprint density at radius 2 is 2.06 bits per heavy atom. The lowest BCUT2D eigenvalue weighted by molar-refractivity contribution is 0.158. The van der Waals surface area contributed by atoms with Crippen LogP contribution in [0, 0.1) is 5.92 Å². The second-order valence-electron chi connectivity index (χ2n) is 6.22. The zero-order valence-electron chi connectivity index (χ0n) is 12.0. The van der Waals surface area contributed by atoms with Crippen LogP contribution in [-0.4, -0.2) is 43.2 Å². The molecule has 0 aromatic rings. The minimum atomic E-state index is 0.703. The molecular formula is C15H31N3. The summed E-state index contributed by atoms with van der Waals surface area (Å²) >= 11 is 0. The van der Waals surface area contributed by atoms with Gasteiger partial charge in [-0.3, -0.25) is 0 Å². The minimum Gasteiger partial charge on any atom is -0.330 e. The molecule has 2 rings (SSSR count). The van der Waals surface area contributed by atoms with Gasteiger partial charge in [-0.25, -0.2) is 0 Å². The van der Waals surface area contributed by atoms with Crippen LogP contribution in [0.3, 0.4) is 0 Å². The molecule has 3 N–H and O–H groups in total. The van der Waals surface area contributed by atoms with Crippen molar-refractivity contribution in [2.45, 2.75) is 64.0 Å². The third-order valence-corrected chi connectivity index (χ3v) is 4.93. The van der Waals surface area contributed by atoms with Gasteiger partial charge in [0, 0.05) is 12.1 Å². The summed E-state index contributed by atoms with van der Waals surface area (Å²) in [4.78, 5) is 2.67. The molecule has 18 heavy (non-hydrogen) atoms. The average molecular weight is 253 g/mol. The molecule has 2 fully saturated rings. The van der Waals surface area contributed by atoms with Crippen LogP contribution in [-0.2, 0) is 0 Å². The SMILES string of the molecule is CC1CCCCN1CCCNC1CCCC1CN. The third-order valence-electron chi connectivity index (χ3n) is 4.93. The molecule has 3 unspecified atom stereocenters. The van der Waals surface area contributed by atoms with Crippen molar-refractivity contribution in [1.29, 1.82) is 0 Å². The highest BCUT2D eigenvalue weighted by atomic mass is 15.2. The van der Waals surface area contributed by atoms with E-state index in [4.69, 9.17) is 5.73 Å². The molecular weight excluding hydrogens is 222 g/mol. The van der Waals surface area contributed by atoms with Crippen molar-refractivity contribution >= 4 is 0 Å². The second kappa shape index (κ2) is 7.46. The van der Waals surface area contributed by atoms with E-state index in [2.05, 4.69) is 17.1 Å². The molecule has 0 amide bonds. The van der Waals surface area contributed by atoms with Crippen LogP contribution in [0.4, 0.5) is 0 Å². The number of nitrogens with zero attached hydrogens (tertiary/aromatic N) is 1. The maximum absolute atomic E-state index is 5.82. The van der Waals surface area contributed by atoms with Crippen LogP contribution in [0.2, 0.25) is 0 Å². The first-order valence-corrected chi connectivity index (χ1v) is 7.98. The lowest BCUT2D eigenvalue weighted by Gasteiger charge is -2.33. The molecule has 0 radical (unpaired) electrons. The van der Waals surface area contributed by atoms with Gasteiger partial charge in [0.2, 0.25) is 0 Å². The smallest absolute Gasteiger partial charge is 0.0107 e. The van der Waals surface area contributed by atoms with E-state index in [1.54, 1.807) is 0 Å². The number of hydrogen-bond acceptors (Lipinski definition) is 3. The highest BCUT2D eigenvalue weighted by molar-refractivity contribution is 4.83. The predicted octanol–water partition coefficient (Wildman–Crippen LogP) is 1.97. The lowest BCUT2D eigenvalue weighted by atomic mass is 10.0. The Bertz CT molecular complexity index is 228. The Hall–Kier alpha value is -0.120. The van der Waals surface area contributed by atoms with E-state index < -0.39 is 0 Å². The van der Waals surface area contributed by atoms with Gasteiger partial charge in [0.25, 0.3) is 0 Å². The summed E-state index contributed by atoms with van der Waals surface area (Å²) in [6, 6.07) is 1.51. The van der Waals surface area contributed by atoms with Crippen LogP contribution >= 0.6 is 0 Å². The number of likely N-dealkylation sites (tertiary alicyclic amines) is 1. The number of hydrogen-bond donors (Lipinski definition) is 2. The minimum absolute atomic E-state index is 0.703. The molecule has 106 valence electrons. The maximum Gasteiger partial charge on any atom is 0.0107 e. The summed E-state index contributed by atoms with van der Waals surface area (Å²) in [6.07, 6.45) is 9.54. The van der Waals surface area contributed by atoms with E-state index in [0.717, 1.165) is 18.5 Å². The molecule has 0 spiro atoms. The number of nitrogens with one attached hydrogen (secondary N) is 1. The Morgan fingerprint density at radius 1 is 1.17 bits per heavy atom. The summed E-state index contributed by atoms with van der Waals surface area (Å²) in [5.41, 5.74) is 5.82. The summed E-state index contributed by atoms with van der Waals surface area (Å²) in [7, 11) is 0. The van der Waals surface area contributed by atoms with Gasteiger partial charge in [0.05, 0.1) is 0 Å². The maximum atomic E-state index is 5.82. The molecule has 1 heterocycles. The molecule has 1 saturated heterocycles. The summed E-state index contributed by atoms with van der Waals surface area (Å²) in [5, 5.41) is 3.73. The quantitative estimate of drug-likeness (QED) is 0.711. The van der Waals surface area contributed by atoms with Crippen LogP contribution in [0.25, 0.3) is 0 Å². The normalized spacial score (nSPS) is 34.0. The number of nitrogens with two attached hydrogens (primary N) is 1. The predicted molar refractivity (Wildman–Crippen MR) is 77.7 cm³/mol. The van der Waals surface area contributed by atoms with E-state index in [0.29, 0.717) is 6.04 Å². The molecule has 1 saturated carbocycles. The van der Waals surface area contributed by atoms with Crippen molar-refractivity contribution in [3.05, 3.63) is 0 Å².